The first-order chi connectivity index (χ1) is 5.46. The molecule has 0 aromatic carbocycles. The van der Waals surface area contributed by atoms with Gasteiger partial charge in [-0.05, 0) is 0 Å². The first-order valence-corrected chi connectivity index (χ1v) is 5.32. The highest BCUT2D eigenvalue weighted by atomic mass is 32.2. The van der Waals surface area contributed by atoms with Gasteiger partial charge in [0.15, 0.2) is 9.84 Å². The molecule has 0 aromatic rings. The number of carbonyl (C=O) groups is 1. The highest BCUT2D eigenvalue weighted by Gasteiger charge is 2.40. The third-order valence-electron chi connectivity index (χ3n) is 1.90. The molecule has 0 aliphatic carbocycles. The zero-order valence-electron chi connectivity index (χ0n) is 6.69. The third-order valence-corrected chi connectivity index (χ3v) is 3.66. The minimum Gasteiger partial charge on any atom is -0.469 e. The number of esters is 1. The lowest BCUT2D eigenvalue weighted by molar-refractivity contribution is -0.144. The molecule has 70 valence electrons. The standard InChI is InChI=1S/C6H11NO4S/c1-11-6(8)4-2-12(9,10)3-5(4)7/h4-5H,2-3,7H2,1H3/t4-,5+/m0/s1. The summed E-state index contributed by atoms with van der Waals surface area (Å²) in [5.41, 5.74) is 5.45. The van der Waals surface area contributed by atoms with Crippen molar-refractivity contribution in [2.45, 2.75) is 6.04 Å². The fraction of sp³-hybridized carbons (Fsp3) is 0.833. The molecule has 0 spiro atoms. The molecule has 1 heterocycles. The van der Waals surface area contributed by atoms with Gasteiger partial charge in [-0.2, -0.15) is 0 Å². The monoisotopic (exact) mass is 193 g/mol. The Morgan fingerprint density at radius 1 is 1.50 bits per heavy atom. The van der Waals surface area contributed by atoms with E-state index in [4.69, 9.17) is 5.73 Å². The summed E-state index contributed by atoms with van der Waals surface area (Å²) in [5, 5.41) is 0. The van der Waals surface area contributed by atoms with Crippen LogP contribution < -0.4 is 5.73 Å². The summed E-state index contributed by atoms with van der Waals surface area (Å²) in [5.74, 6) is -1.52. The molecule has 0 unspecified atom stereocenters. The van der Waals surface area contributed by atoms with Gasteiger partial charge in [-0.3, -0.25) is 4.79 Å². The zero-order chi connectivity index (χ0) is 9.35. The van der Waals surface area contributed by atoms with Gasteiger partial charge in [0.05, 0.1) is 24.5 Å². The average molecular weight is 193 g/mol. The van der Waals surface area contributed by atoms with Gasteiger partial charge in [0.2, 0.25) is 0 Å². The molecule has 2 N–H and O–H groups in total. The van der Waals surface area contributed by atoms with Crippen LogP contribution in [-0.4, -0.2) is 39.0 Å². The smallest absolute Gasteiger partial charge is 0.311 e. The summed E-state index contributed by atoms with van der Waals surface area (Å²) < 4.78 is 26.4. The van der Waals surface area contributed by atoms with Crippen LogP contribution in [-0.2, 0) is 19.4 Å². The zero-order valence-corrected chi connectivity index (χ0v) is 7.50. The van der Waals surface area contributed by atoms with Crippen molar-refractivity contribution in [3.63, 3.8) is 0 Å². The molecular weight excluding hydrogens is 182 g/mol. The second-order valence-corrected chi connectivity index (χ2v) is 5.02. The number of carbonyl (C=O) groups excluding carboxylic acids is 1. The first kappa shape index (κ1) is 9.47. The van der Waals surface area contributed by atoms with Crippen LogP contribution in [0.3, 0.4) is 0 Å². The Bertz CT molecular complexity index is 284. The molecule has 1 aliphatic rings. The normalized spacial score (nSPS) is 33.2. The Morgan fingerprint density at radius 3 is 2.42 bits per heavy atom. The Balaban J connectivity index is 2.77. The minimum atomic E-state index is -3.13. The van der Waals surface area contributed by atoms with Crippen LogP contribution in [0.4, 0.5) is 0 Å². The van der Waals surface area contributed by atoms with E-state index in [-0.39, 0.29) is 11.5 Å². The molecule has 0 saturated carbocycles. The highest BCUT2D eigenvalue weighted by Crippen LogP contribution is 2.18. The van der Waals surface area contributed by atoms with E-state index in [1.54, 1.807) is 0 Å². The molecule has 1 rings (SSSR count). The van der Waals surface area contributed by atoms with Crippen LogP contribution in [0.5, 0.6) is 0 Å². The Morgan fingerprint density at radius 2 is 2.08 bits per heavy atom. The van der Waals surface area contributed by atoms with Gasteiger partial charge >= 0.3 is 5.97 Å². The van der Waals surface area contributed by atoms with Gasteiger partial charge in [-0.1, -0.05) is 0 Å². The van der Waals surface area contributed by atoms with E-state index in [0.717, 1.165) is 0 Å². The van der Waals surface area contributed by atoms with E-state index in [2.05, 4.69) is 4.74 Å². The Labute approximate surface area is 70.8 Å². The highest BCUT2D eigenvalue weighted by molar-refractivity contribution is 7.91. The quantitative estimate of drug-likeness (QED) is 0.514. The van der Waals surface area contributed by atoms with Crippen molar-refractivity contribution in [3.05, 3.63) is 0 Å². The molecule has 1 saturated heterocycles. The Kier molecular flexibility index (Phi) is 2.39. The SMILES string of the molecule is COC(=O)[C@H]1CS(=O)(=O)C[C@H]1N. The average Bonchev–Trinajstić information content (AvgIpc) is 2.23. The fourth-order valence-corrected chi connectivity index (χ4v) is 3.15. The second kappa shape index (κ2) is 3.02. The van der Waals surface area contributed by atoms with Crippen molar-refractivity contribution >= 4 is 15.8 Å². The van der Waals surface area contributed by atoms with Crippen molar-refractivity contribution in [2.24, 2.45) is 11.7 Å². The van der Waals surface area contributed by atoms with Crippen LogP contribution in [0.15, 0.2) is 0 Å². The summed E-state index contributed by atoms with van der Waals surface area (Å²) in [6, 6.07) is -0.609. The van der Waals surface area contributed by atoms with Crippen molar-refractivity contribution in [1.29, 1.82) is 0 Å². The molecule has 0 amide bonds. The predicted molar refractivity (Wildman–Crippen MR) is 42.1 cm³/mol. The lowest BCUT2D eigenvalue weighted by atomic mass is 10.1. The van der Waals surface area contributed by atoms with E-state index in [9.17, 15) is 13.2 Å². The van der Waals surface area contributed by atoms with Gasteiger partial charge in [0.25, 0.3) is 0 Å². The number of rotatable bonds is 1. The number of methoxy groups -OCH3 is 1. The third kappa shape index (κ3) is 1.75. The van der Waals surface area contributed by atoms with Crippen molar-refractivity contribution in [3.8, 4) is 0 Å². The molecule has 0 aromatic heterocycles. The van der Waals surface area contributed by atoms with E-state index >= 15 is 0 Å². The summed E-state index contributed by atoms with van der Waals surface area (Å²) in [4.78, 5) is 10.9. The molecule has 6 heteroatoms. The van der Waals surface area contributed by atoms with Crippen LogP contribution in [0.2, 0.25) is 0 Å². The molecular formula is C6H11NO4S. The van der Waals surface area contributed by atoms with Crippen molar-refractivity contribution in [2.75, 3.05) is 18.6 Å². The summed E-state index contributed by atoms with van der Waals surface area (Å²) in [7, 11) is -1.90. The number of nitrogens with two attached hydrogens (primary N) is 1. The molecule has 1 aliphatic heterocycles. The van der Waals surface area contributed by atoms with Crippen molar-refractivity contribution < 1.29 is 17.9 Å². The van der Waals surface area contributed by atoms with Crippen LogP contribution in [0.25, 0.3) is 0 Å². The Hall–Kier alpha value is -0.620. The fourth-order valence-electron chi connectivity index (χ4n) is 1.27. The van der Waals surface area contributed by atoms with Gasteiger partial charge < -0.3 is 10.5 Å². The van der Waals surface area contributed by atoms with Crippen LogP contribution in [0.1, 0.15) is 0 Å². The van der Waals surface area contributed by atoms with Crippen molar-refractivity contribution in [1.82, 2.24) is 0 Å². The number of hydrogen-bond donors (Lipinski definition) is 1. The summed E-state index contributed by atoms with van der Waals surface area (Å²) in [6.07, 6.45) is 0. The predicted octanol–water partition coefficient (Wildman–Crippen LogP) is -1.47. The molecule has 0 bridgehead atoms. The number of sulfone groups is 1. The molecule has 1 fully saturated rings. The van der Waals surface area contributed by atoms with E-state index < -0.39 is 27.8 Å². The maximum absolute atomic E-state index is 11.0. The molecule has 12 heavy (non-hydrogen) atoms. The van der Waals surface area contributed by atoms with E-state index in [1.807, 2.05) is 0 Å². The van der Waals surface area contributed by atoms with Crippen LogP contribution >= 0.6 is 0 Å². The van der Waals surface area contributed by atoms with E-state index in [1.165, 1.54) is 7.11 Å². The largest absolute Gasteiger partial charge is 0.469 e. The number of ether oxygens (including phenoxy) is 1. The van der Waals surface area contributed by atoms with Gasteiger partial charge in [0.1, 0.15) is 0 Å². The van der Waals surface area contributed by atoms with Gasteiger partial charge in [-0.15, -0.1) is 0 Å². The van der Waals surface area contributed by atoms with Crippen LogP contribution in [0, 0.1) is 5.92 Å². The topological polar surface area (TPSA) is 86.5 Å². The molecule has 5 nitrogen and oxygen atoms in total. The van der Waals surface area contributed by atoms with E-state index in [0.29, 0.717) is 0 Å². The minimum absolute atomic E-state index is 0.118. The maximum Gasteiger partial charge on any atom is 0.311 e. The number of hydrogen-bond acceptors (Lipinski definition) is 5. The lowest BCUT2D eigenvalue weighted by Crippen LogP contribution is -2.34. The second-order valence-electron chi connectivity index (χ2n) is 2.87. The van der Waals surface area contributed by atoms with Gasteiger partial charge in [0, 0.05) is 6.04 Å². The lowest BCUT2D eigenvalue weighted by Gasteiger charge is -2.09. The molecule has 0 radical (unpaired) electrons. The maximum atomic E-state index is 11.0. The van der Waals surface area contributed by atoms with Gasteiger partial charge in [-0.25, -0.2) is 8.42 Å². The summed E-state index contributed by atoms with van der Waals surface area (Å²) >= 11 is 0. The first-order valence-electron chi connectivity index (χ1n) is 3.50. The molecule has 2 atom stereocenters. The summed E-state index contributed by atoms with van der Waals surface area (Å²) in [6.45, 7) is 0.